The first-order chi connectivity index (χ1) is 6.45. The van der Waals surface area contributed by atoms with Gasteiger partial charge in [0.2, 0.25) is 11.6 Å². The molecule has 2 atom stereocenters. The lowest BCUT2D eigenvalue weighted by atomic mass is 9.87. The molecule has 1 saturated heterocycles. The molecule has 14 heavy (non-hydrogen) atoms. The Bertz CT molecular complexity index is 401. The van der Waals surface area contributed by atoms with Gasteiger partial charge in [0, 0.05) is 6.08 Å². The second kappa shape index (κ2) is 2.46. The number of hydrogen-bond acceptors (Lipinski definition) is 2. The number of carbonyl (C=O) groups excluding carboxylic acids is 2. The zero-order chi connectivity index (χ0) is 10.5. The second-order valence-corrected chi connectivity index (χ2v) is 3.07. The molecule has 2 rings (SSSR count). The Hall–Kier alpha value is -1.59. The number of alkyl halides is 1. The summed E-state index contributed by atoms with van der Waals surface area (Å²) >= 11 is 0. The van der Waals surface area contributed by atoms with Crippen molar-refractivity contribution < 1.29 is 22.8 Å². The highest BCUT2D eigenvalue weighted by atomic mass is 19.2. The summed E-state index contributed by atoms with van der Waals surface area (Å²) < 4.78 is 39.0. The lowest BCUT2D eigenvalue weighted by Gasteiger charge is -2.19. The van der Waals surface area contributed by atoms with Crippen molar-refractivity contribution in [3.05, 3.63) is 23.8 Å². The minimum Gasteiger partial charge on any atom is -0.293 e. The third kappa shape index (κ3) is 0.934. The molecule has 0 radical (unpaired) electrons. The summed E-state index contributed by atoms with van der Waals surface area (Å²) in [4.78, 5) is 21.9. The molecule has 74 valence electrons. The van der Waals surface area contributed by atoms with Gasteiger partial charge in [-0.2, -0.15) is 0 Å². The van der Waals surface area contributed by atoms with E-state index in [1.807, 2.05) is 0 Å². The Morgan fingerprint density at radius 2 is 1.93 bits per heavy atom. The van der Waals surface area contributed by atoms with E-state index in [1.165, 1.54) is 0 Å². The molecule has 1 aliphatic heterocycles. The number of allylic oxidation sites excluding steroid dienone is 2. The maximum absolute atomic E-state index is 13.7. The quantitative estimate of drug-likeness (QED) is 0.588. The van der Waals surface area contributed by atoms with Crippen molar-refractivity contribution in [3.8, 4) is 0 Å². The molecule has 0 saturated carbocycles. The highest BCUT2D eigenvalue weighted by molar-refractivity contribution is 6.11. The Morgan fingerprint density at radius 3 is 2.57 bits per heavy atom. The zero-order valence-electron chi connectivity index (χ0n) is 6.68. The first kappa shape index (κ1) is 8.98. The SMILES string of the molecule is O=C1NC(=O)C2(F)C=C(F)C(F)=CC12. The lowest BCUT2D eigenvalue weighted by Crippen LogP contribution is -2.37. The molecule has 2 unspecified atom stereocenters. The number of nitrogens with one attached hydrogen (secondary N) is 1. The Morgan fingerprint density at radius 1 is 1.29 bits per heavy atom. The highest BCUT2D eigenvalue weighted by Crippen LogP contribution is 2.38. The van der Waals surface area contributed by atoms with Crippen molar-refractivity contribution >= 4 is 11.8 Å². The number of carbonyl (C=O) groups is 2. The number of imide groups is 1. The van der Waals surface area contributed by atoms with E-state index in [0.717, 1.165) is 0 Å². The number of halogens is 3. The van der Waals surface area contributed by atoms with Crippen LogP contribution in [-0.2, 0) is 9.59 Å². The van der Waals surface area contributed by atoms with Crippen LogP contribution in [0.15, 0.2) is 23.8 Å². The fourth-order valence-corrected chi connectivity index (χ4v) is 1.45. The molecule has 0 bridgehead atoms. The first-order valence-corrected chi connectivity index (χ1v) is 3.75. The molecule has 0 aromatic heterocycles. The van der Waals surface area contributed by atoms with Crippen molar-refractivity contribution in [1.82, 2.24) is 5.32 Å². The normalized spacial score (nSPS) is 36.1. The van der Waals surface area contributed by atoms with Crippen molar-refractivity contribution in [2.24, 2.45) is 5.92 Å². The largest absolute Gasteiger partial charge is 0.293 e. The van der Waals surface area contributed by atoms with Gasteiger partial charge in [-0.05, 0) is 6.08 Å². The monoisotopic (exact) mass is 203 g/mol. The lowest BCUT2D eigenvalue weighted by molar-refractivity contribution is -0.128. The Labute approximate surface area is 76.3 Å². The molecule has 0 aromatic rings. The first-order valence-electron chi connectivity index (χ1n) is 3.75. The maximum Gasteiger partial charge on any atom is 0.269 e. The molecule has 1 aliphatic carbocycles. The van der Waals surface area contributed by atoms with Crippen molar-refractivity contribution in [2.45, 2.75) is 5.67 Å². The molecule has 1 heterocycles. The summed E-state index contributed by atoms with van der Waals surface area (Å²) in [7, 11) is 0. The van der Waals surface area contributed by atoms with E-state index in [4.69, 9.17) is 0 Å². The van der Waals surface area contributed by atoms with E-state index in [9.17, 15) is 22.8 Å². The zero-order valence-corrected chi connectivity index (χ0v) is 6.68. The van der Waals surface area contributed by atoms with Crippen LogP contribution in [0, 0.1) is 5.92 Å². The van der Waals surface area contributed by atoms with Gasteiger partial charge in [-0.25, -0.2) is 13.2 Å². The number of fused-ring (bicyclic) bond motifs is 1. The summed E-state index contributed by atoms with van der Waals surface area (Å²) in [5.41, 5.74) is -2.78. The fourth-order valence-electron chi connectivity index (χ4n) is 1.45. The van der Waals surface area contributed by atoms with Crippen LogP contribution in [0.1, 0.15) is 0 Å². The van der Waals surface area contributed by atoms with Gasteiger partial charge in [0.25, 0.3) is 5.91 Å². The van der Waals surface area contributed by atoms with Crippen LogP contribution < -0.4 is 5.32 Å². The van der Waals surface area contributed by atoms with Crippen LogP contribution in [0.3, 0.4) is 0 Å². The predicted octanol–water partition coefficient (Wildman–Crippen LogP) is 0.688. The summed E-state index contributed by atoms with van der Waals surface area (Å²) in [6.07, 6.45) is 0.656. The van der Waals surface area contributed by atoms with Crippen LogP contribution in [0.2, 0.25) is 0 Å². The van der Waals surface area contributed by atoms with Crippen LogP contribution in [0.4, 0.5) is 13.2 Å². The van der Waals surface area contributed by atoms with E-state index in [0.29, 0.717) is 6.08 Å². The topological polar surface area (TPSA) is 46.2 Å². The van der Waals surface area contributed by atoms with Crippen LogP contribution in [-0.4, -0.2) is 17.5 Å². The van der Waals surface area contributed by atoms with Gasteiger partial charge in [-0.3, -0.25) is 14.9 Å². The summed E-state index contributed by atoms with van der Waals surface area (Å²) in [5, 5.41) is 1.67. The summed E-state index contributed by atoms with van der Waals surface area (Å²) in [5.74, 6) is -6.61. The van der Waals surface area contributed by atoms with Crippen LogP contribution in [0.5, 0.6) is 0 Å². The van der Waals surface area contributed by atoms with Gasteiger partial charge in [0.05, 0.1) is 0 Å². The standard InChI is InChI=1S/C8H4F3NO2/c9-4-1-3-6(13)12-7(14)8(3,11)2-5(4)10/h1-3H,(H,12,13,14). The average Bonchev–Trinajstić information content (AvgIpc) is 2.29. The molecular formula is C8H4F3NO2. The Balaban J connectivity index is 2.54. The molecule has 0 aromatic carbocycles. The van der Waals surface area contributed by atoms with Crippen molar-refractivity contribution in [2.75, 3.05) is 0 Å². The minimum absolute atomic E-state index is 0.188. The summed E-state index contributed by atoms with van der Waals surface area (Å²) in [6.45, 7) is 0. The smallest absolute Gasteiger partial charge is 0.269 e. The molecule has 0 spiro atoms. The second-order valence-electron chi connectivity index (χ2n) is 3.07. The molecule has 2 amide bonds. The Kier molecular flexibility index (Phi) is 1.58. The van der Waals surface area contributed by atoms with Gasteiger partial charge < -0.3 is 0 Å². The third-order valence-corrected chi connectivity index (χ3v) is 2.20. The van der Waals surface area contributed by atoms with E-state index in [1.54, 1.807) is 5.32 Å². The van der Waals surface area contributed by atoms with Crippen molar-refractivity contribution in [3.63, 3.8) is 0 Å². The molecule has 3 nitrogen and oxygen atoms in total. The van der Waals surface area contributed by atoms with Crippen LogP contribution >= 0.6 is 0 Å². The number of rotatable bonds is 0. The van der Waals surface area contributed by atoms with Gasteiger partial charge in [-0.15, -0.1) is 0 Å². The minimum atomic E-state index is -2.78. The molecule has 1 N–H and O–H groups in total. The molecular weight excluding hydrogens is 199 g/mol. The van der Waals surface area contributed by atoms with E-state index >= 15 is 0 Å². The molecule has 1 fully saturated rings. The van der Waals surface area contributed by atoms with E-state index < -0.39 is 35.1 Å². The van der Waals surface area contributed by atoms with Crippen LogP contribution in [0.25, 0.3) is 0 Å². The fraction of sp³-hybridized carbons (Fsp3) is 0.250. The van der Waals surface area contributed by atoms with Gasteiger partial charge >= 0.3 is 0 Å². The van der Waals surface area contributed by atoms with Gasteiger partial charge in [0.15, 0.2) is 11.7 Å². The van der Waals surface area contributed by atoms with Gasteiger partial charge in [-0.1, -0.05) is 0 Å². The number of hydrogen-bond donors (Lipinski definition) is 1. The molecule has 6 heteroatoms. The maximum atomic E-state index is 13.7. The van der Waals surface area contributed by atoms with E-state index in [2.05, 4.69) is 0 Å². The van der Waals surface area contributed by atoms with Gasteiger partial charge in [0.1, 0.15) is 5.92 Å². The van der Waals surface area contributed by atoms with E-state index in [-0.39, 0.29) is 6.08 Å². The molecule has 2 aliphatic rings. The highest BCUT2D eigenvalue weighted by Gasteiger charge is 2.56. The van der Waals surface area contributed by atoms with Crippen molar-refractivity contribution in [1.29, 1.82) is 0 Å². The summed E-state index contributed by atoms with van der Waals surface area (Å²) in [6, 6.07) is 0. The average molecular weight is 203 g/mol. The third-order valence-electron chi connectivity index (χ3n) is 2.20. The number of amides is 2. The predicted molar refractivity (Wildman–Crippen MR) is 38.9 cm³/mol.